The normalized spacial score (nSPS) is 45.6. The molecule has 1 heterocycles. The summed E-state index contributed by atoms with van der Waals surface area (Å²) in [5.74, 6) is 0.749. The first-order chi connectivity index (χ1) is 12.9. The van der Waals surface area contributed by atoms with E-state index in [0.717, 1.165) is 25.8 Å². The lowest BCUT2D eigenvalue weighted by atomic mass is 9.38. The average Bonchev–Trinajstić information content (AvgIpc) is 2.62. The van der Waals surface area contributed by atoms with Crippen molar-refractivity contribution in [3.63, 3.8) is 0 Å². The minimum Gasteiger partial charge on any atom is -0.350 e. The van der Waals surface area contributed by atoms with Crippen LogP contribution in [0.4, 0.5) is 4.39 Å². The average molecular weight is 371 g/mol. The van der Waals surface area contributed by atoms with Gasteiger partial charge in [-0.3, -0.25) is 4.79 Å². The van der Waals surface area contributed by atoms with E-state index in [1.165, 1.54) is 24.8 Å². The van der Waals surface area contributed by atoms with Gasteiger partial charge in [0.25, 0.3) is 0 Å². The van der Waals surface area contributed by atoms with Crippen LogP contribution in [-0.4, -0.2) is 31.2 Å². The molecule has 4 heteroatoms. The van der Waals surface area contributed by atoms with Gasteiger partial charge in [-0.1, -0.05) is 37.3 Å². The number of benzene rings is 1. The Morgan fingerprint density at radius 2 is 1.96 bits per heavy atom. The van der Waals surface area contributed by atoms with E-state index in [1.54, 1.807) is 0 Å². The van der Waals surface area contributed by atoms with E-state index in [9.17, 15) is 9.18 Å². The maximum atomic E-state index is 14.3. The molecule has 0 radical (unpaired) electrons. The molecule has 6 atom stereocenters. The van der Waals surface area contributed by atoms with Gasteiger partial charge >= 0.3 is 0 Å². The number of carbonyl (C=O) groups is 1. The summed E-state index contributed by atoms with van der Waals surface area (Å²) in [5, 5.41) is 6.24. The highest BCUT2D eigenvalue weighted by Gasteiger charge is 2.64. The highest BCUT2D eigenvalue weighted by molar-refractivity contribution is 5.84. The first-order valence-electron chi connectivity index (χ1n) is 10.6. The highest BCUT2D eigenvalue weighted by atomic mass is 19.1. The molecule has 2 N–H and O–H groups in total. The quantitative estimate of drug-likeness (QED) is 0.851. The van der Waals surface area contributed by atoms with Gasteiger partial charge in [0.1, 0.15) is 6.17 Å². The molecular formula is C23H31FN2O. The molecular weight excluding hydrogens is 339 g/mol. The Labute approximate surface area is 161 Å². The number of carbonyl (C=O) groups excluding carboxylic acids is 1. The summed E-state index contributed by atoms with van der Waals surface area (Å²) in [6.07, 6.45) is 6.25. The second-order valence-corrected chi connectivity index (χ2v) is 10.3. The lowest BCUT2D eigenvalue weighted by molar-refractivity contribution is -0.161. The van der Waals surface area contributed by atoms with Gasteiger partial charge in [0.15, 0.2) is 0 Å². The van der Waals surface area contributed by atoms with Crippen LogP contribution in [0.15, 0.2) is 30.3 Å². The topological polar surface area (TPSA) is 41.1 Å². The van der Waals surface area contributed by atoms with E-state index in [0.29, 0.717) is 18.9 Å². The number of hydrogen-bond acceptors (Lipinski definition) is 2. The second-order valence-electron chi connectivity index (χ2n) is 10.3. The van der Waals surface area contributed by atoms with Crippen molar-refractivity contribution >= 4 is 5.91 Å². The Balaban J connectivity index is 1.46. The smallest absolute Gasteiger partial charge is 0.226 e. The Bertz CT molecular complexity index is 739. The first-order valence-corrected chi connectivity index (χ1v) is 10.6. The Kier molecular flexibility index (Phi) is 3.95. The molecule has 1 saturated heterocycles. The van der Waals surface area contributed by atoms with Crippen molar-refractivity contribution in [1.29, 1.82) is 0 Å². The number of piperidine rings is 1. The van der Waals surface area contributed by atoms with Gasteiger partial charge < -0.3 is 10.6 Å². The van der Waals surface area contributed by atoms with E-state index < -0.39 is 6.17 Å². The van der Waals surface area contributed by atoms with Crippen LogP contribution in [0.3, 0.4) is 0 Å². The predicted molar refractivity (Wildman–Crippen MR) is 104 cm³/mol. The molecule has 1 aromatic rings. The van der Waals surface area contributed by atoms with Crippen LogP contribution < -0.4 is 10.6 Å². The number of amides is 1. The third kappa shape index (κ3) is 2.83. The molecule has 1 aliphatic heterocycles. The summed E-state index contributed by atoms with van der Waals surface area (Å²) >= 11 is 0. The molecule has 146 valence electrons. The van der Waals surface area contributed by atoms with E-state index in [1.807, 2.05) is 0 Å². The summed E-state index contributed by atoms with van der Waals surface area (Å²) in [6.45, 7) is 3.53. The monoisotopic (exact) mass is 370 g/mol. The van der Waals surface area contributed by atoms with E-state index >= 15 is 0 Å². The fourth-order valence-corrected chi connectivity index (χ4v) is 7.59. The van der Waals surface area contributed by atoms with Gasteiger partial charge in [-0.25, -0.2) is 4.39 Å². The first kappa shape index (κ1) is 17.7. The standard InChI is InChI=1S/C23H31FN2O/c1-21-9-16-10-22(13-21,17-5-3-2-4-6-17)15-23(11-16,14-21)20(27)26-19-7-8-25-12-18(19)24/h2-6,16,18-19,25H,7-15H2,1H3,(H,26,27)/t16?,18-,19-,21-,22-,23?/m0/s1. The number of hydrogen-bond donors (Lipinski definition) is 2. The van der Waals surface area contributed by atoms with Crippen LogP contribution in [0.1, 0.15) is 57.4 Å². The summed E-state index contributed by atoms with van der Waals surface area (Å²) < 4.78 is 14.3. The maximum absolute atomic E-state index is 14.3. The molecule has 4 saturated carbocycles. The van der Waals surface area contributed by atoms with Crippen LogP contribution in [-0.2, 0) is 10.2 Å². The SMILES string of the molecule is C[C@@]12CC3CC(C(=O)N[C@H]4CCNC[C@@H]4F)(C1)C[C@](c1ccccc1)(C3)C2. The molecule has 6 rings (SSSR count). The molecule has 4 aliphatic carbocycles. The lowest BCUT2D eigenvalue weighted by Crippen LogP contribution is -2.63. The van der Waals surface area contributed by atoms with Gasteiger partial charge in [0.05, 0.1) is 11.5 Å². The molecule has 1 amide bonds. The summed E-state index contributed by atoms with van der Waals surface area (Å²) in [4.78, 5) is 13.5. The molecule has 3 nitrogen and oxygen atoms in total. The van der Waals surface area contributed by atoms with Crippen molar-refractivity contribution in [2.45, 2.75) is 69.5 Å². The lowest BCUT2D eigenvalue weighted by Gasteiger charge is -2.65. The van der Waals surface area contributed by atoms with Crippen LogP contribution in [0, 0.1) is 16.7 Å². The van der Waals surface area contributed by atoms with Crippen molar-refractivity contribution in [3.05, 3.63) is 35.9 Å². The predicted octanol–water partition coefficient (Wildman–Crippen LogP) is 3.73. The number of nitrogens with one attached hydrogen (secondary N) is 2. The fraction of sp³-hybridized carbons (Fsp3) is 0.696. The zero-order chi connectivity index (χ0) is 18.7. The van der Waals surface area contributed by atoms with Gasteiger partial charge in [0.2, 0.25) is 5.91 Å². The zero-order valence-electron chi connectivity index (χ0n) is 16.3. The van der Waals surface area contributed by atoms with E-state index in [2.05, 4.69) is 47.9 Å². The van der Waals surface area contributed by atoms with Crippen molar-refractivity contribution < 1.29 is 9.18 Å². The number of rotatable bonds is 3. The van der Waals surface area contributed by atoms with Gasteiger partial charge in [-0.05, 0) is 73.8 Å². The molecule has 5 aliphatic rings. The number of alkyl halides is 1. The summed E-state index contributed by atoms with van der Waals surface area (Å²) in [7, 11) is 0. The second kappa shape index (κ2) is 6.04. The fourth-order valence-electron chi connectivity index (χ4n) is 7.59. The highest BCUT2D eigenvalue weighted by Crippen LogP contribution is 2.70. The van der Waals surface area contributed by atoms with Gasteiger partial charge in [0, 0.05) is 6.54 Å². The molecule has 0 aromatic heterocycles. The van der Waals surface area contributed by atoms with Crippen molar-refractivity contribution in [2.24, 2.45) is 16.7 Å². The largest absolute Gasteiger partial charge is 0.350 e. The Hall–Kier alpha value is -1.42. The van der Waals surface area contributed by atoms with Gasteiger partial charge in [-0.15, -0.1) is 0 Å². The zero-order valence-corrected chi connectivity index (χ0v) is 16.3. The summed E-state index contributed by atoms with van der Waals surface area (Å²) in [6, 6.07) is 10.5. The van der Waals surface area contributed by atoms with Crippen LogP contribution in [0.25, 0.3) is 0 Å². The maximum Gasteiger partial charge on any atom is 0.226 e. The third-order valence-corrected chi connectivity index (χ3v) is 7.94. The molecule has 2 unspecified atom stereocenters. The molecule has 5 fully saturated rings. The van der Waals surface area contributed by atoms with E-state index in [-0.39, 0.29) is 28.2 Å². The van der Waals surface area contributed by atoms with E-state index in [4.69, 9.17) is 0 Å². The van der Waals surface area contributed by atoms with Crippen molar-refractivity contribution in [2.75, 3.05) is 13.1 Å². The van der Waals surface area contributed by atoms with Crippen LogP contribution >= 0.6 is 0 Å². The van der Waals surface area contributed by atoms with Crippen LogP contribution in [0.5, 0.6) is 0 Å². The minimum absolute atomic E-state index is 0.121. The van der Waals surface area contributed by atoms with Crippen molar-refractivity contribution in [1.82, 2.24) is 10.6 Å². The molecule has 1 aromatic carbocycles. The Morgan fingerprint density at radius 3 is 2.70 bits per heavy atom. The van der Waals surface area contributed by atoms with Gasteiger partial charge in [-0.2, -0.15) is 0 Å². The number of halogens is 1. The van der Waals surface area contributed by atoms with Crippen LogP contribution in [0.2, 0.25) is 0 Å². The minimum atomic E-state index is -0.977. The van der Waals surface area contributed by atoms with Crippen molar-refractivity contribution in [3.8, 4) is 0 Å². The molecule has 27 heavy (non-hydrogen) atoms. The Morgan fingerprint density at radius 1 is 1.15 bits per heavy atom. The molecule has 0 spiro atoms. The molecule has 4 bridgehead atoms. The summed E-state index contributed by atoms with van der Waals surface area (Å²) in [5.41, 5.74) is 1.45. The third-order valence-electron chi connectivity index (χ3n) is 7.94.